The number of nitrogens with zero attached hydrogens (tertiary/aromatic N) is 4. The highest BCUT2D eigenvalue weighted by atomic mass is 32.2. The molecule has 0 radical (unpaired) electrons. The van der Waals surface area contributed by atoms with Crippen LogP contribution in [0.15, 0.2) is 30.3 Å². The van der Waals surface area contributed by atoms with E-state index in [0.29, 0.717) is 22.7 Å². The highest BCUT2D eigenvalue weighted by molar-refractivity contribution is 7.99. The lowest BCUT2D eigenvalue weighted by atomic mass is 10.1. The minimum Gasteiger partial charge on any atom is -0.475 e. The quantitative estimate of drug-likeness (QED) is 0.479. The van der Waals surface area contributed by atoms with E-state index in [1.807, 2.05) is 30.0 Å². The summed E-state index contributed by atoms with van der Waals surface area (Å²) in [5.74, 6) is -0.232. The second-order valence-corrected chi connectivity index (χ2v) is 8.01. The van der Waals surface area contributed by atoms with Crippen LogP contribution in [0.3, 0.4) is 0 Å². The predicted octanol–water partition coefficient (Wildman–Crippen LogP) is 3.64. The first kappa shape index (κ1) is 24.3. The molecule has 0 unspecified atom stereocenters. The number of alkyl halides is 3. The van der Waals surface area contributed by atoms with Gasteiger partial charge in [-0.15, -0.1) is 0 Å². The molecule has 1 fully saturated rings. The molecule has 13 heteroatoms. The van der Waals surface area contributed by atoms with Crippen LogP contribution < -0.4 is 16.0 Å². The maximum atomic E-state index is 14.8. The number of pyridine rings is 1. The second-order valence-electron chi connectivity index (χ2n) is 6.78. The molecular formula is C20H20F4N6O2S. The van der Waals surface area contributed by atoms with Gasteiger partial charge in [0.1, 0.15) is 11.6 Å². The Kier molecular flexibility index (Phi) is 7.41. The van der Waals surface area contributed by atoms with Crippen molar-refractivity contribution in [3.8, 4) is 11.3 Å². The van der Waals surface area contributed by atoms with E-state index >= 15 is 0 Å². The third-order valence-electron chi connectivity index (χ3n) is 4.66. The van der Waals surface area contributed by atoms with Crippen molar-refractivity contribution in [2.45, 2.75) is 6.18 Å². The van der Waals surface area contributed by atoms with E-state index in [4.69, 9.17) is 15.6 Å². The Morgan fingerprint density at radius 2 is 1.82 bits per heavy atom. The van der Waals surface area contributed by atoms with Crippen LogP contribution in [0.25, 0.3) is 22.3 Å². The van der Waals surface area contributed by atoms with Gasteiger partial charge in [-0.05, 0) is 24.3 Å². The van der Waals surface area contributed by atoms with Crippen molar-refractivity contribution in [2.24, 2.45) is 0 Å². The number of aliphatic carboxylic acids is 1. The molecule has 176 valence electrons. The van der Waals surface area contributed by atoms with Crippen LogP contribution >= 0.6 is 11.8 Å². The summed E-state index contributed by atoms with van der Waals surface area (Å²) in [7, 11) is 1.76. The molecule has 0 atom stereocenters. The Labute approximate surface area is 190 Å². The summed E-state index contributed by atoms with van der Waals surface area (Å²) in [6, 6.07) is 8.83. The molecule has 4 rings (SSSR count). The molecule has 0 spiro atoms. The Morgan fingerprint density at radius 1 is 1.15 bits per heavy atom. The number of carboxylic acids is 1. The van der Waals surface area contributed by atoms with E-state index in [2.05, 4.69) is 25.2 Å². The lowest BCUT2D eigenvalue weighted by molar-refractivity contribution is -0.192. The molecule has 2 aromatic heterocycles. The molecule has 1 aliphatic rings. The maximum Gasteiger partial charge on any atom is 0.490 e. The van der Waals surface area contributed by atoms with E-state index in [-0.39, 0.29) is 11.8 Å². The summed E-state index contributed by atoms with van der Waals surface area (Å²) in [6.45, 7) is 1.79. The topological polar surface area (TPSA) is 117 Å². The number of halogens is 4. The molecule has 0 saturated carbocycles. The van der Waals surface area contributed by atoms with Crippen molar-refractivity contribution in [2.75, 3.05) is 47.6 Å². The minimum atomic E-state index is -5.08. The molecule has 0 amide bonds. The zero-order valence-electron chi connectivity index (χ0n) is 17.4. The number of hydrogen-bond donors (Lipinski definition) is 3. The Morgan fingerprint density at radius 3 is 2.42 bits per heavy atom. The number of nitrogens with one attached hydrogen (secondary N) is 1. The van der Waals surface area contributed by atoms with Crippen LogP contribution in [-0.4, -0.2) is 63.8 Å². The monoisotopic (exact) mass is 484 g/mol. The molecule has 1 aliphatic heterocycles. The molecule has 1 saturated heterocycles. The average Bonchev–Trinajstić information content (AvgIpc) is 2.78. The van der Waals surface area contributed by atoms with E-state index in [9.17, 15) is 17.6 Å². The number of anilines is 3. The lowest BCUT2D eigenvalue weighted by Crippen LogP contribution is -2.33. The Hall–Kier alpha value is -3.35. The third kappa shape index (κ3) is 5.72. The van der Waals surface area contributed by atoms with Crippen LogP contribution in [0.2, 0.25) is 0 Å². The smallest absolute Gasteiger partial charge is 0.475 e. The largest absolute Gasteiger partial charge is 0.490 e. The first-order valence-corrected chi connectivity index (χ1v) is 10.8. The highest BCUT2D eigenvalue weighted by Crippen LogP contribution is 2.35. The van der Waals surface area contributed by atoms with Gasteiger partial charge in [-0.2, -0.15) is 34.9 Å². The number of nitrogen functional groups attached to an aromatic ring is 1. The number of carbonyl (C=O) groups is 1. The SMILES string of the molecule is CNc1nc(N)nc2nc(-c3c(F)cccc3N3CCSCC3)ccc12.O=C(O)C(F)(F)F. The van der Waals surface area contributed by atoms with Crippen LogP contribution in [0.1, 0.15) is 0 Å². The van der Waals surface area contributed by atoms with Gasteiger partial charge in [-0.25, -0.2) is 14.2 Å². The first-order valence-electron chi connectivity index (χ1n) is 9.65. The summed E-state index contributed by atoms with van der Waals surface area (Å²) >= 11 is 1.92. The summed E-state index contributed by atoms with van der Waals surface area (Å²) < 4.78 is 46.5. The second kappa shape index (κ2) is 10.1. The van der Waals surface area contributed by atoms with Gasteiger partial charge in [0.05, 0.1) is 16.6 Å². The fraction of sp³-hybridized carbons (Fsp3) is 0.300. The summed E-state index contributed by atoms with van der Waals surface area (Å²) in [4.78, 5) is 24.1. The normalized spacial score (nSPS) is 13.9. The number of carboxylic acid groups (broad SMARTS) is 1. The van der Waals surface area contributed by atoms with Crippen molar-refractivity contribution in [3.05, 3.63) is 36.1 Å². The zero-order chi connectivity index (χ0) is 24.2. The van der Waals surface area contributed by atoms with Crippen LogP contribution in [0, 0.1) is 5.82 Å². The van der Waals surface area contributed by atoms with Crippen LogP contribution in [0.5, 0.6) is 0 Å². The number of aromatic nitrogens is 3. The number of benzene rings is 1. The molecule has 3 aromatic rings. The molecule has 0 bridgehead atoms. The van der Waals surface area contributed by atoms with Crippen molar-refractivity contribution < 1.29 is 27.5 Å². The van der Waals surface area contributed by atoms with Gasteiger partial charge in [-0.3, -0.25) is 0 Å². The molecule has 0 aliphatic carbocycles. The van der Waals surface area contributed by atoms with E-state index in [1.54, 1.807) is 13.1 Å². The average molecular weight is 484 g/mol. The molecule has 1 aromatic carbocycles. The first-order chi connectivity index (χ1) is 15.6. The van der Waals surface area contributed by atoms with Crippen molar-refractivity contribution >= 4 is 46.2 Å². The number of hydrogen-bond acceptors (Lipinski definition) is 8. The number of rotatable bonds is 3. The Bertz CT molecular complexity index is 1160. The van der Waals surface area contributed by atoms with Crippen molar-refractivity contribution in [1.29, 1.82) is 0 Å². The highest BCUT2D eigenvalue weighted by Gasteiger charge is 2.38. The zero-order valence-corrected chi connectivity index (χ0v) is 18.2. The predicted molar refractivity (Wildman–Crippen MR) is 120 cm³/mol. The number of fused-ring (bicyclic) bond motifs is 1. The lowest BCUT2D eigenvalue weighted by Gasteiger charge is -2.30. The standard InChI is InChI=1S/C18H19FN6S.C2HF3O2/c1-21-16-11-5-6-13(22-17(11)24-18(20)23-16)15-12(19)3-2-4-14(15)25-7-9-26-10-8-25;3-2(4,5)1(6)7/h2-6H,7-10H2,1H3,(H3,20,21,22,23,24);(H,6,7). The summed E-state index contributed by atoms with van der Waals surface area (Å²) in [5.41, 5.74) is 8.14. The maximum absolute atomic E-state index is 14.8. The minimum absolute atomic E-state index is 0.133. The fourth-order valence-electron chi connectivity index (χ4n) is 3.19. The van der Waals surface area contributed by atoms with E-state index < -0.39 is 12.1 Å². The van der Waals surface area contributed by atoms with Gasteiger partial charge < -0.3 is 21.1 Å². The van der Waals surface area contributed by atoms with Gasteiger partial charge in [0.2, 0.25) is 5.95 Å². The molecule has 3 heterocycles. The van der Waals surface area contributed by atoms with Gasteiger partial charge in [-0.1, -0.05) is 6.07 Å². The van der Waals surface area contributed by atoms with Crippen molar-refractivity contribution in [3.63, 3.8) is 0 Å². The van der Waals surface area contributed by atoms with Crippen LogP contribution in [0.4, 0.5) is 35.0 Å². The summed E-state index contributed by atoms with van der Waals surface area (Å²) in [6.07, 6.45) is -5.08. The van der Waals surface area contributed by atoms with Crippen LogP contribution in [-0.2, 0) is 4.79 Å². The van der Waals surface area contributed by atoms with Gasteiger partial charge in [0.25, 0.3) is 0 Å². The number of thioether (sulfide) groups is 1. The fourth-order valence-corrected chi connectivity index (χ4v) is 4.09. The van der Waals surface area contributed by atoms with Gasteiger partial charge in [0.15, 0.2) is 5.65 Å². The van der Waals surface area contributed by atoms with E-state index in [0.717, 1.165) is 35.7 Å². The van der Waals surface area contributed by atoms with E-state index in [1.165, 1.54) is 6.07 Å². The Balaban J connectivity index is 0.000000383. The van der Waals surface area contributed by atoms with Crippen molar-refractivity contribution in [1.82, 2.24) is 15.0 Å². The third-order valence-corrected chi connectivity index (χ3v) is 5.60. The van der Waals surface area contributed by atoms with Gasteiger partial charge in [0, 0.05) is 37.3 Å². The van der Waals surface area contributed by atoms with Gasteiger partial charge >= 0.3 is 12.1 Å². The summed E-state index contributed by atoms with van der Waals surface area (Å²) in [5, 5.41) is 10.9. The number of nitrogens with two attached hydrogens (primary N) is 1. The molecule has 33 heavy (non-hydrogen) atoms. The molecule has 8 nitrogen and oxygen atoms in total. The molecule has 4 N–H and O–H groups in total. The molecular weight excluding hydrogens is 464 g/mol.